The van der Waals surface area contributed by atoms with E-state index in [0.29, 0.717) is 30.0 Å². The zero-order chi connectivity index (χ0) is 16.8. The minimum absolute atomic E-state index is 0.0935. The number of halogens is 1. The second-order valence-corrected chi connectivity index (χ2v) is 7.07. The minimum Gasteiger partial charge on any atom is -0.449 e. The fourth-order valence-electron chi connectivity index (χ4n) is 3.30. The molecule has 0 unspecified atom stereocenters. The fourth-order valence-corrected chi connectivity index (χ4v) is 3.67. The first-order valence-electron chi connectivity index (χ1n) is 7.90. The van der Waals surface area contributed by atoms with Crippen LogP contribution in [0.15, 0.2) is 31.9 Å². The van der Waals surface area contributed by atoms with Crippen molar-refractivity contribution in [3.8, 4) is 0 Å². The molecule has 0 atom stereocenters. The highest BCUT2D eigenvalue weighted by molar-refractivity contribution is 9.10. The lowest BCUT2D eigenvalue weighted by Gasteiger charge is -2.30. The summed E-state index contributed by atoms with van der Waals surface area (Å²) in [6.07, 6.45) is 1.60. The van der Waals surface area contributed by atoms with Crippen molar-refractivity contribution in [3.63, 3.8) is 0 Å². The van der Waals surface area contributed by atoms with Crippen LogP contribution < -0.4 is 5.56 Å². The number of benzene rings is 1. The Hall–Kier alpha value is -2.15. The average molecular weight is 390 g/mol. The number of carbonyl (C=O) groups excluding carboxylic acids is 1. The Kier molecular flexibility index (Phi) is 3.68. The van der Waals surface area contributed by atoms with Crippen LogP contribution in [0, 0.1) is 0 Å². The molecule has 0 aliphatic carbocycles. The van der Waals surface area contributed by atoms with Crippen LogP contribution in [0.4, 0.5) is 0 Å². The number of furan rings is 1. The van der Waals surface area contributed by atoms with Crippen LogP contribution in [0.2, 0.25) is 0 Å². The average Bonchev–Trinajstić information content (AvgIpc) is 2.93. The van der Waals surface area contributed by atoms with E-state index in [-0.39, 0.29) is 23.0 Å². The molecule has 2 aromatic heterocycles. The summed E-state index contributed by atoms with van der Waals surface area (Å²) < 4.78 is 6.56. The largest absolute Gasteiger partial charge is 0.449 e. The molecule has 0 radical (unpaired) electrons. The van der Waals surface area contributed by atoms with Crippen LogP contribution in [0.5, 0.6) is 0 Å². The number of piperidine rings is 1. The first-order chi connectivity index (χ1) is 11.5. The molecular weight excluding hydrogens is 374 g/mol. The van der Waals surface area contributed by atoms with Crippen molar-refractivity contribution in [3.05, 3.63) is 38.9 Å². The zero-order valence-electron chi connectivity index (χ0n) is 13.1. The number of aromatic nitrogens is 2. The standard InChI is InChI=1S/C17H16BrN3O3/c1-9(22)21-6-4-10(5-7-21)16-19-14-12-8-11(18)2-3-13(12)24-15(14)17(23)20-16/h2-3,8,10H,4-7H2,1H3,(H,19,20,23). The van der Waals surface area contributed by atoms with Gasteiger partial charge in [0.25, 0.3) is 5.56 Å². The first kappa shape index (κ1) is 15.4. The topological polar surface area (TPSA) is 79.2 Å². The van der Waals surface area contributed by atoms with Crippen LogP contribution in [-0.4, -0.2) is 33.9 Å². The summed E-state index contributed by atoms with van der Waals surface area (Å²) in [5, 5.41) is 0.827. The van der Waals surface area contributed by atoms with Crippen molar-refractivity contribution < 1.29 is 9.21 Å². The highest BCUT2D eigenvalue weighted by Crippen LogP contribution is 2.30. The van der Waals surface area contributed by atoms with E-state index in [1.165, 1.54) is 0 Å². The van der Waals surface area contributed by atoms with Crippen LogP contribution in [0.3, 0.4) is 0 Å². The minimum atomic E-state index is -0.253. The molecule has 0 bridgehead atoms. The monoisotopic (exact) mass is 389 g/mol. The van der Waals surface area contributed by atoms with Crippen molar-refractivity contribution in [2.24, 2.45) is 0 Å². The third kappa shape index (κ3) is 2.53. The second-order valence-electron chi connectivity index (χ2n) is 6.15. The summed E-state index contributed by atoms with van der Waals surface area (Å²) in [4.78, 5) is 33.2. The summed E-state index contributed by atoms with van der Waals surface area (Å²) in [7, 11) is 0. The molecule has 1 aliphatic rings. The molecule has 4 rings (SSSR count). The number of H-pyrrole nitrogens is 1. The van der Waals surface area contributed by atoms with Crippen molar-refractivity contribution >= 4 is 43.9 Å². The fraction of sp³-hybridized carbons (Fsp3) is 0.353. The van der Waals surface area contributed by atoms with Gasteiger partial charge in [-0.15, -0.1) is 0 Å². The second kappa shape index (κ2) is 5.73. The van der Waals surface area contributed by atoms with Gasteiger partial charge in [-0.2, -0.15) is 0 Å². The lowest BCUT2D eigenvalue weighted by atomic mass is 9.96. The van der Waals surface area contributed by atoms with E-state index in [1.54, 1.807) is 6.92 Å². The number of aromatic amines is 1. The number of carbonyl (C=O) groups is 1. The normalized spacial score (nSPS) is 16.2. The van der Waals surface area contributed by atoms with E-state index in [4.69, 9.17) is 4.42 Å². The van der Waals surface area contributed by atoms with Gasteiger partial charge in [0.2, 0.25) is 11.5 Å². The molecule has 7 heteroatoms. The van der Waals surface area contributed by atoms with Gasteiger partial charge < -0.3 is 14.3 Å². The smallest absolute Gasteiger partial charge is 0.294 e. The molecule has 124 valence electrons. The highest BCUT2D eigenvalue weighted by Gasteiger charge is 2.25. The molecule has 1 aromatic carbocycles. The number of fused-ring (bicyclic) bond motifs is 3. The van der Waals surface area contributed by atoms with Crippen LogP contribution in [-0.2, 0) is 4.79 Å². The maximum Gasteiger partial charge on any atom is 0.294 e. The van der Waals surface area contributed by atoms with Gasteiger partial charge in [-0.25, -0.2) is 4.98 Å². The van der Waals surface area contributed by atoms with Crippen molar-refractivity contribution in [2.75, 3.05) is 13.1 Å². The Morgan fingerprint density at radius 3 is 2.83 bits per heavy atom. The molecule has 1 aliphatic heterocycles. The third-order valence-electron chi connectivity index (χ3n) is 4.63. The SMILES string of the molecule is CC(=O)N1CCC(c2nc3c(oc4ccc(Br)cc43)c(=O)[nH]2)CC1. The number of likely N-dealkylation sites (tertiary alicyclic amines) is 1. The third-order valence-corrected chi connectivity index (χ3v) is 5.12. The Labute approximate surface area is 146 Å². The van der Waals surface area contributed by atoms with Crippen molar-refractivity contribution in [1.82, 2.24) is 14.9 Å². The molecule has 3 aromatic rings. The predicted molar refractivity (Wildman–Crippen MR) is 94.1 cm³/mol. The van der Waals surface area contributed by atoms with Gasteiger partial charge in [0.15, 0.2) is 0 Å². The summed E-state index contributed by atoms with van der Waals surface area (Å²) in [5.41, 5.74) is 1.25. The van der Waals surface area contributed by atoms with Crippen molar-refractivity contribution in [2.45, 2.75) is 25.7 Å². The van der Waals surface area contributed by atoms with Crippen LogP contribution in [0.25, 0.3) is 22.1 Å². The molecule has 0 saturated carbocycles. The quantitative estimate of drug-likeness (QED) is 0.692. The first-order valence-corrected chi connectivity index (χ1v) is 8.69. The van der Waals surface area contributed by atoms with Gasteiger partial charge >= 0.3 is 0 Å². The van der Waals surface area contributed by atoms with Crippen molar-refractivity contribution in [1.29, 1.82) is 0 Å². The Bertz CT molecular complexity index is 999. The van der Waals surface area contributed by atoms with E-state index in [9.17, 15) is 9.59 Å². The molecule has 1 fully saturated rings. The summed E-state index contributed by atoms with van der Waals surface area (Å²) in [6, 6.07) is 5.61. The number of nitrogens with zero attached hydrogens (tertiary/aromatic N) is 2. The van der Waals surface area contributed by atoms with Crippen LogP contribution in [0.1, 0.15) is 31.5 Å². The lowest BCUT2D eigenvalue weighted by Crippen LogP contribution is -2.37. The van der Waals surface area contributed by atoms with E-state index in [2.05, 4.69) is 25.9 Å². The van der Waals surface area contributed by atoms with E-state index in [0.717, 1.165) is 22.7 Å². The Morgan fingerprint density at radius 1 is 1.38 bits per heavy atom. The Balaban J connectivity index is 1.77. The zero-order valence-corrected chi connectivity index (χ0v) is 14.7. The molecule has 0 spiro atoms. The number of hydrogen-bond acceptors (Lipinski definition) is 4. The van der Waals surface area contributed by atoms with Gasteiger partial charge in [-0.3, -0.25) is 9.59 Å². The number of rotatable bonds is 1. The van der Waals surface area contributed by atoms with Gasteiger partial charge in [-0.05, 0) is 31.0 Å². The van der Waals surface area contributed by atoms with Gasteiger partial charge in [0, 0.05) is 35.8 Å². The molecular formula is C17H16BrN3O3. The van der Waals surface area contributed by atoms with E-state index >= 15 is 0 Å². The van der Waals surface area contributed by atoms with Gasteiger partial charge in [0.1, 0.15) is 16.9 Å². The predicted octanol–water partition coefficient (Wildman–Crippen LogP) is 3.16. The molecule has 6 nitrogen and oxygen atoms in total. The maximum absolute atomic E-state index is 12.4. The van der Waals surface area contributed by atoms with Crippen LogP contribution >= 0.6 is 15.9 Å². The summed E-state index contributed by atoms with van der Waals surface area (Å²) in [6.45, 7) is 2.97. The number of hydrogen-bond donors (Lipinski definition) is 1. The number of nitrogens with one attached hydrogen (secondary N) is 1. The molecule has 3 heterocycles. The molecule has 24 heavy (non-hydrogen) atoms. The van der Waals surface area contributed by atoms with Gasteiger partial charge in [0.05, 0.1) is 0 Å². The summed E-state index contributed by atoms with van der Waals surface area (Å²) in [5.74, 6) is 0.921. The van der Waals surface area contributed by atoms with Gasteiger partial charge in [-0.1, -0.05) is 15.9 Å². The summed E-state index contributed by atoms with van der Waals surface area (Å²) >= 11 is 3.44. The lowest BCUT2D eigenvalue weighted by molar-refractivity contribution is -0.129. The highest BCUT2D eigenvalue weighted by atomic mass is 79.9. The molecule has 1 amide bonds. The maximum atomic E-state index is 12.4. The Morgan fingerprint density at radius 2 is 2.12 bits per heavy atom. The molecule has 1 N–H and O–H groups in total. The van der Waals surface area contributed by atoms with E-state index < -0.39 is 0 Å². The number of amides is 1. The van der Waals surface area contributed by atoms with E-state index in [1.807, 2.05) is 23.1 Å². The molecule has 1 saturated heterocycles.